The van der Waals surface area contributed by atoms with Crippen molar-refractivity contribution in [2.45, 2.75) is 65.7 Å². The average Bonchev–Trinajstić information content (AvgIpc) is 2.41. The lowest BCUT2D eigenvalue weighted by atomic mass is 10.0. The van der Waals surface area contributed by atoms with Gasteiger partial charge in [0.05, 0.1) is 0 Å². The first kappa shape index (κ1) is 20.3. The summed E-state index contributed by atoms with van der Waals surface area (Å²) in [6.07, 6.45) is 12.4. The van der Waals surface area contributed by atoms with Crippen LogP contribution in [0.15, 0.2) is 49.6 Å². The number of rotatable bonds is 10. The van der Waals surface area contributed by atoms with Crippen molar-refractivity contribution in [3.05, 3.63) is 49.6 Å². The van der Waals surface area contributed by atoms with Gasteiger partial charge in [0.1, 0.15) is 0 Å². The Hall–Kier alpha value is -1.04. The Morgan fingerprint density at radius 3 is 1.84 bits per heavy atom. The Balaban J connectivity index is 0. The maximum atomic E-state index is 3.85. The molecule has 19 heavy (non-hydrogen) atoms. The lowest BCUT2D eigenvalue weighted by Crippen LogP contribution is -1.86. The first-order valence-electron chi connectivity index (χ1n) is 7.58. The van der Waals surface area contributed by atoms with E-state index in [1.165, 1.54) is 37.7 Å². The standard InChI is InChI=1S/C10H18.C9H16/c1-4-6-7-8-9-10(3)5-2;1-5-9(4)7-6-8(2)3/h5H,2-4,6-9H2,1H3;5,8H,1,4,6-7H2,2-3H3. The molecule has 0 aliphatic carbocycles. The SMILES string of the molecule is C=CC(=C)CCC(C)C.C=CC(=C)CCCCCC. The van der Waals surface area contributed by atoms with E-state index in [9.17, 15) is 0 Å². The van der Waals surface area contributed by atoms with Crippen molar-refractivity contribution in [2.24, 2.45) is 5.92 Å². The fourth-order valence-electron chi connectivity index (χ4n) is 1.46. The molecule has 0 rings (SSSR count). The van der Waals surface area contributed by atoms with Gasteiger partial charge in [-0.05, 0) is 31.6 Å². The van der Waals surface area contributed by atoms with E-state index in [1.54, 1.807) is 0 Å². The third-order valence-electron chi connectivity index (χ3n) is 2.97. The summed E-state index contributed by atoms with van der Waals surface area (Å²) in [5, 5.41) is 0. The molecule has 0 spiro atoms. The molecule has 0 saturated carbocycles. The van der Waals surface area contributed by atoms with Crippen LogP contribution >= 0.6 is 0 Å². The number of unbranched alkanes of at least 4 members (excludes halogenated alkanes) is 3. The van der Waals surface area contributed by atoms with Crippen LogP contribution in [0.1, 0.15) is 65.7 Å². The van der Waals surface area contributed by atoms with Crippen LogP contribution in [-0.4, -0.2) is 0 Å². The molecule has 0 amide bonds. The zero-order valence-electron chi connectivity index (χ0n) is 13.5. The molecule has 0 heteroatoms. The molecule has 0 radical (unpaired) electrons. The molecule has 0 unspecified atom stereocenters. The van der Waals surface area contributed by atoms with Crippen molar-refractivity contribution in [1.82, 2.24) is 0 Å². The topological polar surface area (TPSA) is 0 Å². The van der Waals surface area contributed by atoms with Crippen molar-refractivity contribution in [3.8, 4) is 0 Å². The van der Waals surface area contributed by atoms with Gasteiger partial charge in [-0.25, -0.2) is 0 Å². The molecule has 0 saturated heterocycles. The highest BCUT2D eigenvalue weighted by atomic mass is 14.0. The Kier molecular flexibility index (Phi) is 16.0. The third kappa shape index (κ3) is 19.5. The molecule has 0 aliphatic heterocycles. The molecule has 110 valence electrons. The van der Waals surface area contributed by atoms with Gasteiger partial charge in [-0.2, -0.15) is 0 Å². The lowest BCUT2D eigenvalue weighted by molar-refractivity contribution is 0.588. The molecule has 0 fully saturated rings. The van der Waals surface area contributed by atoms with Crippen molar-refractivity contribution in [2.75, 3.05) is 0 Å². The Morgan fingerprint density at radius 2 is 1.42 bits per heavy atom. The molecule has 0 nitrogen and oxygen atoms in total. The fraction of sp³-hybridized carbons (Fsp3) is 0.579. The van der Waals surface area contributed by atoms with E-state index in [0.29, 0.717) is 0 Å². The smallest absolute Gasteiger partial charge is 0.0283 e. The number of hydrogen-bond acceptors (Lipinski definition) is 0. The van der Waals surface area contributed by atoms with E-state index in [0.717, 1.165) is 24.3 Å². The monoisotopic (exact) mass is 262 g/mol. The first-order valence-corrected chi connectivity index (χ1v) is 7.58. The van der Waals surface area contributed by atoms with Gasteiger partial charge in [0.2, 0.25) is 0 Å². The van der Waals surface area contributed by atoms with Gasteiger partial charge in [0.25, 0.3) is 0 Å². The second kappa shape index (κ2) is 15.0. The Labute approximate surface area is 122 Å². The van der Waals surface area contributed by atoms with Crippen LogP contribution in [0.3, 0.4) is 0 Å². The minimum atomic E-state index is 0.779. The summed E-state index contributed by atoms with van der Waals surface area (Å²) in [5.41, 5.74) is 2.33. The van der Waals surface area contributed by atoms with E-state index in [4.69, 9.17) is 0 Å². The van der Waals surface area contributed by atoms with E-state index in [1.807, 2.05) is 12.2 Å². The lowest BCUT2D eigenvalue weighted by Gasteiger charge is -2.02. The van der Waals surface area contributed by atoms with Gasteiger partial charge in [-0.3, -0.25) is 0 Å². The van der Waals surface area contributed by atoms with E-state index >= 15 is 0 Å². The summed E-state index contributed by atoms with van der Waals surface area (Å²) >= 11 is 0. The molecule has 0 aromatic carbocycles. The average molecular weight is 262 g/mol. The maximum Gasteiger partial charge on any atom is -0.0283 e. The molecule has 0 bridgehead atoms. The summed E-state index contributed by atoms with van der Waals surface area (Å²) < 4.78 is 0. The van der Waals surface area contributed by atoms with Gasteiger partial charge < -0.3 is 0 Å². The van der Waals surface area contributed by atoms with Crippen LogP contribution in [-0.2, 0) is 0 Å². The van der Waals surface area contributed by atoms with Crippen LogP contribution in [0.2, 0.25) is 0 Å². The summed E-state index contributed by atoms with van der Waals surface area (Å²) in [6, 6.07) is 0. The predicted octanol–water partition coefficient (Wildman–Crippen LogP) is 6.86. The second-order valence-corrected chi connectivity index (χ2v) is 5.47. The summed E-state index contributed by atoms with van der Waals surface area (Å²) in [7, 11) is 0. The second-order valence-electron chi connectivity index (χ2n) is 5.47. The van der Waals surface area contributed by atoms with E-state index < -0.39 is 0 Å². The highest BCUT2D eigenvalue weighted by Gasteiger charge is 1.93. The zero-order valence-corrected chi connectivity index (χ0v) is 13.5. The van der Waals surface area contributed by atoms with Crippen LogP contribution in [0, 0.1) is 5.92 Å². The van der Waals surface area contributed by atoms with Crippen molar-refractivity contribution in [1.29, 1.82) is 0 Å². The van der Waals surface area contributed by atoms with Gasteiger partial charge in [0.15, 0.2) is 0 Å². The normalized spacial score (nSPS) is 9.47. The fourth-order valence-corrected chi connectivity index (χ4v) is 1.46. The molecule has 0 atom stereocenters. The molecule has 0 heterocycles. The summed E-state index contributed by atoms with van der Waals surface area (Å²) in [4.78, 5) is 0. The van der Waals surface area contributed by atoms with Gasteiger partial charge in [-0.1, -0.05) is 89.6 Å². The maximum absolute atomic E-state index is 3.85. The highest BCUT2D eigenvalue weighted by molar-refractivity contribution is 5.10. The minimum absolute atomic E-state index is 0.779. The third-order valence-corrected chi connectivity index (χ3v) is 2.97. The van der Waals surface area contributed by atoms with E-state index in [-0.39, 0.29) is 0 Å². The minimum Gasteiger partial charge on any atom is -0.0988 e. The Morgan fingerprint density at radius 1 is 0.895 bits per heavy atom. The van der Waals surface area contributed by atoms with Crippen LogP contribution in [0.4, 0.5) is 0 Å². The van der Waals surface area contributed by atoms with Crippen molar-refractivity contribution >= 4 is 0 Å². The molecular formula is C19H34. The number of hydrogen-bond donors (Lipinski definition) is 0. The van der Waals surface area contributed by atoms with Crippen LogP contribution in [0.25, 0.3) is 0 Å². The van der Waals surface area contributed by atoms with Gasteiger partial charge >= 0.3 is 0 Å². The number of allylic oxidation sites excluding steroid dienone is 4. The Bertz CT molecular complexity index is 255. The van der Waals surface area contributed by atoms with Gasteiger partial charge in [-0.15, -0.1) is 0 Å². The van der Waals surface area contributed by atoms with Crippen LogP contribution in [0.5, 0.6) is 0 Å². The van der Waals surface area contributed by atoms with Crippen molar-refractivity contribution < 1.29 is 0 Å². The highest BCUT2D eigenvalue weighted by Crippen LogP contribution is 2.09. The summed E-state index contributed by atoms with van der Waals surface area (Å²) in [6.45, 7) is 21.6. The van der Waals surface area contributed by atoms with Gasteiger partial charge in [0, 0.05) is 0 Å². The zero-order chi connectivity index (χ0) is 15.1. The molecule has 0 aliphatic rings. The largest absolute Gasteiger partial charge is 0.0988 e. The quantitative estimate of drug-likeness (QED) is 0.298. The van der Waals surface area contributed by atoms with E-state index in [2.05, 4.69) is 47.1 Å². The molecule has 0 aromatic heterocycles. The first-order chi connectivity index (χ1) is 8.97. The summed E-state index contributed by atoms with van der Waals surface area (Å²) in [5.74, 6) is 0.779. The van der Waals surface area contributed by atoms with Crippen LogP contribution < -0.4 is 0 Å². The predicted molar refractivity (Wildman–Crippen MR) is 91.5 cm³/mol. The molecular weight excluding hydrogens is 228 g/mol. The molecule has 0 aromatic rings. The molecule has 0 N–H and O–H groups in total. The van der Waals surface area contributed by atoms with Crippen molar-refractivity contribution in [3.63, 3.8) is 0 Å².